The van der Waals surface area contributed by atoms with E-state index in [1.54, 1.807) is 0 Å². The van der Waals surface area contributed by atoms with E-state index in [0.29, 0.717) is 11.8 Å². The van der Waals surface area contributed by atoms with Crippen LogP contribution in [0.5, 0.6) is 0 Å². The summed E-state index contributed by atoms with van der Waals surface area (Å²) in [6.07, 6.45) is 3.48. The maximum Gasteiger partial charge on any atom is 0.226 e. The summed E-state index contributed by atoms with van der Waals surface area (Å²) in [5, 5.41) is 3.26. The minimum atomic E-state index is 0.228. The van der Waals surface area contributed by atoms with E-state index in [4.69, 9.17) is 0 Å². The van der Waals surface area contributed by atoms with E-state index >= 15 is 0 Å². The van der Waals surface area contributed by atoms with Gasteiger partial charge < -0.3 is 15.1 Å². The van der Waals surface area contributed by atoms with Gasteiger partial charge in [0.2, 0.25) is 5.91 Å². The Morgan fingerprint density at radius 3 is 2.65 bits per heavy atom. The molecule has 17 heavy (non-hydrogen) atoms. The fourth-order valence-corrected chi connectivity index (χ4v) is 2.90. The summed E-state index contributed by atoms with van der Waals surface area (Å²) in [6.45, 7) is 5.17. The van der Waals surface area contributed by atoms with Gasteiger partial charge in [-0.2, -0.15) is 0 Å². The van der Waals surface area contributed by atoms with Gasteiger partial charge >= 0.3 is 0 Å². The first-order valence-corrected chi connectivity index (χ1v) is 6.81. The van der Waals surface area contributed by atoms with E-state index in [9.17, 15) is 4.79 Å². The van der Waals surface area contributed by atoms with Crippen molar-refractivity contribution in [3.8, 4) is 0 Å². The molecule has 0 aliphatic carbocycles. The molecule has 2 heterocycles. The monoisotopic (exact) mass is 239 g/mol. The van der Waals surface area contributed by atoms with Crippen molar-refractivity contribution in [2.24, 2.45) is 11.8 Å². The molecule has 0 saturated carbocycles. The Hall–Kier alpha value is -0.610. The number of nitrogens with zero attached hydrogens (tertiary/aromatic N) is 2. The van der Waals surface area contributed by atoms with Gasteiger partial charge in [0.1, 0.15) is 0 Å². The smallest absolute Gasteiger partial charge is 0.226 e. The Bertz CT molecular complexity index is 255. The molecule has 0 bridgehead atoms. The van der Waals surface area contributed by atoms with Gasteiger partial charge in [-0.05, 0) is 51.9 Å². The van der Waals surface area contributed by atoms with Gasteiger partial charge in [-0.25, -0.2) is 0 Å². The van der Waals surface area contributed by atoms with Crippen LogP contribution in [0.1, 0.15) is 19.3 Å². The minimum Gasteiger partial charge on any atom is -0.345 e. The summed E-state index contributed by atoms with van der Waals surface area (Å²) in [5.74, 6) is 1.27. The lowest BCUT2D eigenvalue weighted by molar-refractivity contribution is -0.134. The molecule has 2 saturated heterocycles. The topological polar surface area (TPSA) is 35.6 Å². The van der Waals surface area contributed by atoms with Crippen molar-refractivity contribution >= 4 is 5.91 Å². The van der Waals surface area contributed by atoms with Crippen molar-refractivity contribution in [2.75, 3.05) is 46.8 Å². The molecule has 0 aromatic rings. The lowest BCUT2D eigenvalue weighted by atomic mass is 9.96. The van der Waals surface area contributed by atoms with Gasteiger partial charge in [0.25, 0.3) is 0 Å². The van der Waals surface area contributed by atoms with Gasteiger partial charge in [0.05, 0.1) is 5.92 Å². The van der Waals surface area contributed by atoms with Gasteiger partial charge in [-0.1, -0.05) is 0 Å². The zero-order valence-electron chi connectivity index (χ0n) is 11.1. The Balaban J connectivity index is 1.76. The van der Waals surface area contributed by atoms with E-state index in [2.05, 4.69) is 17.3 Å². The lowest BCUT2D eigenvalue weighted by Crippen LogP contribution is -2.40. The van der Waals surface area contributed by atoms with Crippen LogP contribution in [0.25, 0.3) is 0 Å². The number of piperidine rings is 1. The molecule has 2 rings (SSSR count). The van der Waals surface area contributed by atoms with Crippen LogP contribution in [0.2, 0.25) is 0 Å². The number of nitrogens with one attached hydrogen (secondary N) is 1. The SMILES string of the molecule is CN1CCC(CN(C)C(=O)C2CCNC2)CC1. The lowest BCUT2D eigenvalue weighted by Gasteiger charge is -2.32. The zero-order chi connectivity index (χ0) is 12.3. The van der Waals surface area contributed by atoms with Crippen LogP contribution >= 0.6 is 0 Å². The Morgan fingerprint density at radius 1 is 1.35 bits per heavy atom. The molecule has 0 radical (unpaired) electrons. The number of rotatable bonds is 3. The number of amides is 1. The number of carbonyl (C=O) groups excluding carboxylic acids is 1. The van der Waals surface area contributed by atoms with Gasteiger partial charge in [-0.3, -0.25) is 4.79 Å². The molecule has 0 aromatic heterocycles. The fourth-order valence-electron chi connectivity index (χ4n) is 2.90. The van der Waals surface area contributed by atoms with Crippen molar-refractivity contribution in [1.82, 2.24) is 15.1 Å². The second kappa shape index (κ2) is 5.83. The first-order chi connectivity index (χ1) is 8.16. The van der Waals surface area contributed by atoms with Crippen LogP contribution in [0.15, 0.2) is 0 Å². The van der Waals surface area contributed by atoms with Crippen LogP contribution in [0.4, 0.5) is 0 Å². The molecule has 0 spiro atoms. The highest BCUT2D eigenvalue weighted by atomic mass is 16.2. The fraction of sp³-hybridized carbons (Fsp3) is 0.923. The molecule has 1 N–H and O–H groups in total. The third-order valence-electron chi connectivity index (χ3n) is 4.16. The second-order valence-corrected chi connectivity index (χ2v) is 5.66. The summed E-state index contributed by atoms with van der Waals surface area (Å²) in [6, 6.07) is 0. The Labute approximate surface area is 104 Å². The molecule has 0 aromatic carbocycles. The van der Waals surface area contributed by atoms with Gasteiger partial charge in [0.15, 0.2) is 0 Å². The van der Waals surface area contributed by atoms with Crippen LogP contribution in [-0.4, -0.2) is 62.5 Å². The van der Waals surface area contributed by atoms with E-state index in [1.165, 1.54) is 25.9 Å². The highest BCUT2D eigenvalue weighted by Gasteiger charge is 2.27. The normalized spacial score (nSPS) is 27.3. The number of hydrogen-bond acceptors (Lipinski definition) is 3. The summed E-state index contributed by atoms with van der Waals surface area (Å²) in [7, 11) is 4.15. The molecule has 1 amide bonds. The van der Waals surface area contributed by atoms with Gasteiger partial charge in [-0.15, -0.1) is 0 Å². The molecular weight excluding hydrogens is 214 g/mol. The molecule has 1 atom stereocenters. The molecule has 98 valence electrons. The van der Waals surface area contributed by atoms with Crippen LogP contribution in [0, 0.1) is 11.8 Å². The molecule has 4 heteroatoms. The quantitative estimate of drug-likeness (QED) is 0.774. The predicted octanol–water partition coefficient (Wildman–Crippen LogP) is 0.396. The number of likely N-dealkylation sites (tertiary alicyclic amines) is 1. The molecule has 4 nitrogen and oxygen atoms in total. The molecule has 2 fully saturated rings. The molecule has 2 aliphatic heterocycles. The highest BCUT2D eigenvalue weighted by molar-refractivity contribution is 5.79. The standard InChI is InChI=1S/C13H25N3O/c1-15-7-4-11(5-8-15)10-16(2)13(17)12-3-6-14-9-12/h11-12,14H,3-10H2,1-2H3. The maximum absolute atomic E-state index is 12.2. The van der Waals surface area contributed by atoms with Crippen molar-refractivity contribution in [1.29, 1.82) is 0 Å². The Kier molecular flexibility index (Phi) is 4.40. The zero-order valence-corrected chi connectivity index (χ0v) is 11.1. The van der Waals surface area contributed by atoms with E-state index < -0.39 is 0 Å². The van der Waals surface area contributed by atoms with E-state index in [-0.39, 0.29) is 5.92 Å². The summed E-state index contributed by atoms with van der Waals surface area (Å²) in [5.41, 5.74) is 0. The van der Waals surface area contributed by atoms with Crippen molar-refractivity contribution in [3.05, 3.63) is 0 Å². The summed E-state index contributed by atoms with van der Waals surface area (Å²) < 4.78 is 0. The number of carbonyl (C=O) groups is 1. The third kappa shape index (κ3) is 3.42. The van der Waals surface area contributed by atoms with Crippen molar-refractivity contribution in [3.63, 3.8) is 0 Å². The van der Waals surface area contributed by atoms with Crippen LogP contribution in [0.3, 0.4) is 0 Å². The van der Waals surface area contributed by atoms with Crippen LogP contribution < -0.4 is 5.32 Å². The molecule has 1 unspecified atom stereocenters. The first kappa shape index (κ1) is 12.8. The average Bonchev–Trinajstić information content (AvgIpc) is 2.84. The van der Waals surface area contributed by atoms with E-state index in [1.807, 2.05) is 11.9 Å². The predicted molar refractivity (Wildman–Crippen MR) is 68.8 cm³/mol. The summed E-state index contributed by atoms with van der Waals surface area (Å²) in [4.78, 5) is 16.5. The highest BCUT2D eigenvalue weighted by Crippen LogP contribution is 2.18. The van der Waals surface area contributed by atoms with E-state index in [0.717, 1.165) is 26.1 Å². The van der Waals surface area contributed by atoms with Crippen molar-refractivity contribution < 1.29 is 4.79 Å². The van der Waals surface area contributed by atoms with Gasteiger partial charge in [0, 0.05) is 20.1 Å². The second-order valence-electron chi connectivity index (χ2n) is 5.66. The molecular formula is C13H25N3O. The maximum atomic E-state index is 12.2. The Morgan fingerprint density at radius 2 is 2.06 bits per heavy atom. The first-order valence-electron chi connectivity index (χ1n) is 6.81. The third-order valence-corrected chi connectivity index (χ3v) is 4.16. The summed E-state index contributed by atoms with van der Waals surface area (Å²) >= 11 is 0. The van der Waals surface area contributed by atoms with Crippen LogP contribution in [-0.2, 0) is 4.79 Å². The van der Waals surface area contributed by atoms with Crippen molar-refractivity contribution in [2.45, 2.75) is 19.3 Å². The average molecular weight is 239 g/mol. The minimum absolute atomic E-state index is 0.228. The number of hydrogen-bond donors (Lipinski definition) is 1. The molecule has 2 aliphatic rings. The largest absolute Gasteiger partial charge is 0.345 e.